The second-order valence-electron chi connectivity index (χ2n) is 3.24. The fourth-order valence-electron chi connectivity index (χ4n) is 1.29. The molecule has 1 aromatic carbocycles. The molecule has 0 radical (unpaired) electrons. The summed E-state index contributed by atoms with van der Waals surface area (Å²) in [6.07, 6.45) is 3.86. The molecule has 1 heterocycles. The molecule has 0 saturated carbocycles. The van der Waals surface area contributed by atoms with Gasteiger partial charge < -0.3 is 4.57 Å². The van der Waals surface area contributed by atoms with Gasteiger partial charge in [-0.3, -0.25) is 0 Å². The topological polar surface area (TPSA) is 17.8 Å². The molecule has 0 saturated heterocycles. The molecule has 0 aliphatic carbocycles. The zero-order chi connectivity index (χ0) is 9.97. The molecule has 0 unspecified atom stereocenters. The predicted octanol–water partition coefficient (Wildman–Crippen LogP) is 3.08. The van der Waals surface area contributed by atoms with Crippen LogP contribution in [0.25, 0.3) is 5.69 Å². The number of hydrogen-bond acceptors (Lipinski definition) is 1. The van der Waals surface area contributed by atoms with Gasteiger partial charge in [-0.2, -0.15) is 0 Å². The first kappa shape index (κ1) is 9.46. The number of halogens is 1. The van der Waals surface area contributed by atoms with E-state index in [0.29, 0.717) is 0 Å². The molecule has 0 N–H and O–H groups in total. The lowest BCUT2D eigenvalue weighted by atomic mass is 10.2. The molecular weight excluding hydrogens is 240 g/mol. The number of alkyl halides is 1. The third kappa shape index (κ3) is 1.87. The lowest BCUT2D eigenvalue weighted by molar-refractivity contribution is 1.05. The summed E-state index contributed by atoms with van der Waals surface area (Å²) in [4.78, 5) is 4.25. The number of nitrogens with zero attached hydrogens (tertiary/aromatic N) is 2. The largest absolute Gasteiger partial charge is 0.306 e. The van der Waals surface area contributed by atoms with Gasteiger partial charge in [0.25, 0.3) is 0 Å². The number of imidazole rings is 1. The Balaban J connectivity index is 2.34. The van der Waals surface area contributed by atoms with E-state index in [0.717, 1.165) is 16.7 Å². The molecule has 14 heavy (non-hydrogen) atoms. The third-order valence-electron chi connectivity index (χ3n) is 2.11. The Kier molecular flexibility index (Phi) is 2.68. The van der Waals surface area contributed by atoms with Crippen LogP contribution in [-0.4, -0.2) is 9.55 Å². The van der Waals surface area contributed by atoms with Crippen molar-refractivity contribution < 1.29 is 0 Å². The van der Waals surface area contributed by atoms with E-state index in [-0.39, 0.29) is 0 Å². The quantitative estimate of drug-likeness (QED) is 0.750. The van der Waals surface area contributed by atoms with Gasteiger partial charge in [0.15, 0.2) is 0 Å². The third-order valence-corrected chi connectivity index (χ3v) is 2.68. The van der Waals surface area contributed by atoms with Crippen molar-refractivity contribution in [1.29, 1.82) is 0 Å². The molecule has 0 amide bonds. The van der Waals surface area contributed by atoms with Gasteiger partial charge in [0, 0.05) is 17.2 Å². The van der Waals surface area contributed by atoms with Gasteiger partial charge in [-0.25, -0.2) is 4.98 Å². The Morgan fingerprint density at radius 2 is 2.00 bits per heavy atom. The average Bonchev–Trinajstić information content (AvgIpc) is 2.67. The van der Waals surface area contributed by atoms with Crippen LogP contribution in [0, 0.1) is 6.92 Å². The molecule has 0 bridgehead atoms. The molecule has 72 valence electrons. The van der Waals surface area contributed by atoms with Crippen molar-refractivity contribution in [3.05, 3.63) is 48.0 Å². The van der Waals surface area contributed by atoms with E-state index < -0.39 is 0 Å². The van der Waals surface area contributed by atoms with Crippen LogP contribution in [-0.2, 0) is 5.33 Å². The molecule has 3 heteroatoms. The zero-order valence-corrected chi connectivity index (χ0v) is 9.53. The van der Waals surface area contributed by atoms with Crippen LogP contribution in [0.2, 0.25) is 0 Å². The second kappa shape index (κ2) is 3.96. The monoisotopic (exact) mass is 250 g/mol. The van der Waals surface area contributed by atoms with E-state index in [9.17, 15) is 0 Å². The number of hydrogen-bond donors (Lipinski definition) is 0. The minimum atomic E-state index is 0.797. The molecular formula is C11H11BrN2. The molecule has 0 spiro atoms. The van der Waals surface area contributed by atoms with Gasteiger partial charge in [0.1, 0.15) is 0 Å². The molecule has 2 nitrogen and oxygen atoms in total. The minimum absolute atomic E-state index is 0.797. The first-order chi connectivity index (χ1) is 6.79. The van der Waals surface area contributed by atoms with E-state index in [1.165, 1.54) is 5.56 Å². The van der Waals surface area contributed by atoms with Crippen LogP contribution in [0.3, 0.4) is 0 Å². The van der Waals surface area contributed by atoms with Crippen molar-refractivity contribution >= 4 is 15.9 Å². The standard InChI is InChI=1S/C11H11BrN2/c1-9-2-4-11(5-3-9)14-7-10(6-12)13-8-14/h2-5,7-8H,6H2,1H3. The molecule has 0 aliphatic heterocycles. The number of benzene rings is 1. The number of aromatic nitrogens is 2. The summed E-state index contributed by atoms with van der Waals surface area (Å²) < 4.78 is 2.02. The maximum atomic E-state index is 4.25. The van der Waals surface area contributed by atoms with Crippen LogP contribution in [0.5, 0.6) is 0 Å². The summed E-state index contributed by atoms with van der Waals surface area (Å²) in [5.41, 5.74) is 3.47. The first-order valence-corrected chi connectivity index (χ1v) is 5.57. The average molecular weight is 251 g/mol. The smallest absolute Gasteiger partial charge is 0.0995 e. The SMILES string of the molecule is Cc1ccc(-n2cnc(CBr)c2)cc1. The van der Waals surface area contributed by atoms with Crippen LogP contribution in [0.1, 0.15) is 11.3 Å². The highest BCUT2D eigenvalue weighted by Crippen LogP contribution is 2.11. The van der Waals surface area contributed by atoms with E-state index >= 15 is 0 Å². The molecule has 1 aromatic heterocycles. The summed E-state index contributed by atoms with van der Waals surface area (Å²) in [7, 11) is 0. The van der Waals surface area contributed by atoms with Gasteiger partial charge in [-0.1, -0.05) is 33.6 Å². The fourth-order valence-corrected chi connectivity index (χ4v) is 1.58. The lowest BCUT2D eigenvalue weighted by Gasteiger charge is -2.01. The maximum absolute atomic E-state index is 4.25. The maximum Gasteiger partial charge on any atom is 0.0995 e. The normalized spacial score (nSPS) is 10.4. The molecule has 2 aromatic rings. The van der Waals surface area contributed by atoms with Crippen molar-refractivity contribution in [3.8, 4) is 5.69 Å². The Bertz CT molecular complexity index is 417. The summed E-state index contributed by atoms with van der Waals surface area (Å²) in [5.74, 6) is 0. The van der Waals surface area contributed by atoms with Crippen molar-refractivity contribution in [2.75, 3.05) is 0 Å². The molecule has 2 rings (SSSR count). The molecule has 0 fully saturated rings. The van der Waals surface area contributed by atoms with Crippen molar-refractivity contribution in [1.82, 2.24) is 9.55 Å². The lowest BCUT2D eigenvalue weighted by Crippen LogP contribution is -1.89. The number of rotatable bonds is 2. The van der Waals surface area contributed by atoms with Crippen LogP contribution in [0.4, 0.5) is 0 Å². The Labute approximate surface area is 91.7 Å². The van der Waals surface area contributed by atoms with E-state index in [4.69, 9.17) is 0 Å². The fraction of sp³-hybridized carbons (Fsp3) is 0.182. The van der Waals surface area contributed by atoms with Crippen LogP contribution < -0.4 is 0 Å². The summed E-state index contributed by atoms with van der Waals surface area (Å²) in [5, 5.41) is 0.797. The van der Waals surface area contributed by atoms with E-state index in [1.54, 1.807) is 0 Å². The summed E-state index contributed by atoms with van der Waals surface area (Å²) >= 11 is 3.38. The second-order valence-corrected chi connectivity index (χ2v) is 3.80. The first-order valence-electron chi connectivity index (χ1n) is 4.45. The Hall–Kier alpha value is -1.09. The highest BCUT2D eigenvalue weighted by molar-refractivity contribution is 9.08. The highest BCUT2D eigenvalue weighted by atomic mass is 79.9. The number of aryl methyl sites for hydroxylation is 1. The van der Waals surface area contributed by atoms with Gasteiger partial charge in [-0.15, -0.1) is 0 Å². The summed E-state index contributed by atoms with van der Waals surface area (Å²) in [6, 6.07) is 8.39. The van der Waals surface area contributed by atoms with Crippen LogP contribution in [0.15, 0.2) is 36.8 Å². The van der Waals surface area contributed by atoms with E-state index in [2.05, 4.69) is 52.1 Å². The van der Waals surface area contributed by atoms with Crippen molar-refractivity contribution in [2.45, 2.75) is 12.3 Å². The Morgan fingerprint density at radius 3 is 2.57 bits per heavy atom. The van der Waals surface area contributed by atoms with E-state index in [1.807, 2.05) is 17.1 Å². The summed E-state index contributed by atoms with van der Waals surface area (Å²) in [6.45, 7) is 2.08. The predicted molar refractivity (Wildman–Crippen MR) is 60.9 cm³/mol. The van der Waals surface area contributed by atoms with Gasteiger partial charge >= 0.3 is 0 Å². The molecule has 0 aliphatic rings. The zero-order valence-electron chi connectivity index (χ0n) is 7.94. The van der Waals surface area contributed by atoms with Gasteiger partial charge in [0.2, 0.25) is 0 Å². The van der Waals surface area contributed by atoms with Gasteiger partial charge in [0.05, 0.1) is 12.0 Å². The van der Waals surface area contributed by atoms with Crippen LogP contribution >= 0.6 is 15.9 Å². The van der Waals surface area contributed by atoms with Crippen molar-refractivity contribution in [3.63, 3.8) is 0 Å². The van der Waals surface area contributed by atoms with Gasteiger partial charge in [-0.05, 0) is 19.1 Å². The Morgan fingerprint density at radius 1 is 1.29 bits per heavy atom. The highest BCUT2D eigenvalue weighted by Gasteiger charge is 1.98. The molecule has 0 atom stereocenters. The van der Waals surface area contributed by atoms with Crippen molar-refractivity contribution in [2.24, 2.45) is 0 Å². The minimum Gasteiger partial charge on any atom is -0.306 e.